The first-order chi connectivity index (χ1) is 10.0. The fourth-order valence-corrected chi connectivity index (χ4v) is 2.98. The van der Waals surface area contributed by atoms with Crippen molar-refractivity contribution in [3.8, 4) is 0 Å². The van der Waals surface area contributed by atoms with Crippen molar-refractivity contribution in [2.75, 3.05) is 23.8 Å². The van der Waals surface area contributed by atoms with Crippen molar-refractivity contribution in [2.45, 2.75) is 19.9 Å². The number of non-ortho nitro benzene ring substituents is 1. The second kappa shape index (κ2) is 6.58. The van der Waals surface area contributed by atoms with Gasteiger partial charge in [-0.3, -0.25) is 10.1 Å². The van der Waals surface area contributed by atoms with Crippen LogP contribution < -0.4 is 10.2 Å². The lowest BCUT2D eigenvalue weighted by molar-refractivity contribution is -0.384. The molecule has 112 valence electrons. The van der Waals surface area contributed by atoms with E-state index < -0.39 is 0 Å². The third-order valence-corrected chi connectivity index (χ3v) is 4.48. The molecule has 0 fully saturated rings. The van der Waals surface area contributed by atoms with Crippen LogP contribution in [-0.2, 0) is 0 Å². The summed E-state index contributed by atoms with van der Waals surface area (Å²) in [5.41, 5.74) is 1.71. The maximum atomic E-state index is 11.1. The highest BCUT2D eigenvalue weighted by atomic mass is 32.1. The summed E-state index contributed by atoms with van der Waals surface area (Å²) in [5, 5.41) is 16.3. The highest BCUT2D eigenvalue weighted by Crippen LogP contribution is 2.32. The second-order valence-electron chi connectivity index (χ2n) is 4.83. The molecule has 6 heteroatoms. The molecule has 0 saturated carbocycles. The van der Waals surface area contributed by atoms with Crippen LogP contribution in [0.15, 0.2) is 35.7 Å². The quantitative estimate of drug-likeness (QED) is 0.639. The molecule has 0 amide bonds. The van der Waals surface area contributed by atoms with Crippen molar-refractivity contribution >= 4 is 28.4 Å². The fraction of sp³-hybridized carbons (Fsp3) is 0.333. The van der Waals surface area contributed by atoms with Gasteiger partial charge in [-0.25, -0.2) is 0 Å². The molecule has 0 saturated heterocycles. The van der Waals surface area contributed by atoms with Crippen LogP contribution in [0.3, 0.4) is 0 Å². The largest absolute Gasteiger partial charge is 0.385 e. The number of nitro benzene ring substituents is 1. The van der Waals surface area contributed by atoms with Crippen LogP contribution in [0.25, 0.3) is 0 Å². The normalized spacial score (nSPS) is 12.0. The van der Waals surface area contributed by atoms with Crippen LogP contribution in [0, 0.1) is 10.1 Å². The minimum atomic E-state index is -0.353. The Kier molecular flexibility index (Phi) is 4.80. The van der Waals surface area contributed by atoms with Gasteiger partial charge < -0.3 is 10.2 Å². The van der Waals surface area contributed by atoms with Crippen LogP contribution in [0.5, 0.6) is 0 Å². The van der Waals surface area contributed by atoms with Crippen LogP contribution in [0.2, 0.25) is 0 Å². The minimum absolute atomic E-state index is 0.105. The molecule has 21 heavy (non-hydrogen) atoms. The number of anilines is 2. The van der Waals surface area contributed by atoms with Gasteiger partial charge in [-0.15, -0.1) is 11.3 Å². The molecular formula is C15H19N3O2S. The molecular weight excluding hydrogens is 286 g/mol. The van der Waals surface area contributed by atoms with E-state index in [9.17, 15) is 10.1 Å². The number of thiophene rings is 1. The van der Waals surface area contributed by atoms with Gasteiger partial charge in [0.1, 0.15) is 0 Å². The van der Waals surface area contributed by atoms with Crippen molar-refractivity contribution in [1.82, 2.24) is 0 Å². The highest BCUT2D eigenvalue weighted by molar-refractivity contribution is 7.10. The van der Waals surface area contributed by atoms with Crippen LogP contribution in [0.1, 0.15) is 24.8 Å². The van der Waals surface area contributed by atoms with Gasteiger partial charge in [0.2, 0.25) is 0 Å². The molecule has 0 radical (unpaired) electrons. The maximum absolute atomic E-state index is 11.1. The standard InChI is InChI=1S/C15H19N3O2S/c1-4-16-12-8-13(10-14(9-12)18(19)20)17(3)11(2)15-6-5-7-21-15/h5-11,16H,4H2,1-3H3. The predicted octanol–water partition coefficient (Wildman–Crippen LogP) is 4.29. The molecule has 0 bridgehead atoms. The first-order valence-corrected chi connectivity index (χ1v) is 7.70. The summed E-state index contributed by atoms with van der Waals surface area (Å²) in [6.45, 7) is 4.79. The van der Waals surface area contributed by atoms with Gasteiger partial charge in [-0.05, 0) is 31.4 Å². The van der Waals surface area contributed by atoms with E-state index in [0.717, 1.165) is 17.9 Å². The molecule has 0 spiro atoms. The minimum Gasteiger partial charge on any atom is -0.385 e. The molecule has 0 aliphatic rings. The molecule has 1 N–H and O–H groups in total. The van der Waals surface area contributed by atoms with Crippen molar-refractivity contribution in [3.05, 3.63) is 50.7 Å². The Morgan fingerprint density at radius 1 is 1.43 bits per heavy atom. The Hall–Kier alpha value is -2.08. The van der Waals surface area contributed by atoms with Gasteiger partial charge in [0, 0.05) is 42.0 Å². The molecule has 0 aliphatic heterocycles. The zero-order chi connectivity index (χ0) is 15.4. The Morgan fingerprint density at radius 3 is 2.76 bits per heavy atom. The van der Waals surface area contributed by atoms with Crippen molar-refractivity contribution in [1.29, 1.82) is 0 Å². The molecule has 5 nitrogen and oxygen atoms in total. The van der Waals surface area contributed by atoms with Crippen molar-refractivity contribution in [3.63, 3.8) is 0 Å². The monoisotopic (exact) mass is 305 g/mol. The molecule has 1 atom stereocenters. The average molecular weight is 305 g/mol. The lowest BCUT2D eigenvalue weighted by Crippen LogP contribution is -2.21. The number of nitro groups is 1. The first-order valence-electron chi connectivity index (χ1n) is 6.82. The number of hydrogen-bond acceptors (Lipinski definition) is 5. The number of benzene rings is 1. The summed E-state index contributed by atoms with van der Waals surface area (Å²) in [4.78, 5) is 14.0. The number of hydrogen-bond donors (Lipinski definition) is 1. The number of nitrogens with one attached hydrogen (secondary N) is 1. The average Bonchev–Trinajstić information content (AvgIpc) is 2.99. The molecule has 2 aromatic rings. The van der Waals surface area contributed by atoms with E-state index in [1.807, 2.05) is 31.5 Å². The van der Waals surface area contributed by atoms with Gasteiger partial charge in [0.25, 0.3) is 5.69 Å². The zero-order valence-corrected chi connectivity index (χ0v) is 13.2. The summed E-state index contributed by atoms with van der Waals surface area (Å²) in [6.07, 6.45) is 0. The summed E-state index contributed by atoms with van der Waals surface area (Å²) < 4.78 is 0. The smallest absolute Gasteiger partial charge is 0.273 e. The summed E-state index contributed by atoms with van der Waals surface area (Å²) in [5.74, 6) is 0. The van der Waals surface area contributed by atoms with E-state index in [1.165, 1.54) is 4.88 Å². The van der Waals surface area contributed by atoms with E-state index in [1.54, 1.807) is 23.5 Å². The van der Waals surface area contributed by atoms with Crippen LogP contribution in [0.4, 0.5) is 17.1 Å². The first kappa shape index (κ1) is 15.3. The van der Waals surface area contributed by atoms with Crippen LogP contribution >= 0.6 is 11.3 Å². The number of nitrogens with zero attached hydrogens (tertiary/aromatic N) is 2. The molecule has 0 aliphatic carbocycles. The second-order valence-corrected chi connectivity index (χ2v) is 5.81. The van der Waals surface area contributed by atoms with Crippen LogP contribution in [-0.4, -0.2) is 18.5 Å². The fourth-order valence-electron chi connectivity index (χ4n) is 2.15. The highest BCUT2D eigenvalue weighted by Gasteiger charge is 2.17. The number of rotatable bonds is 6. The zero-order valence-electron chi connectivity index (χ0n) is 12.4. The topological polar surface area (TPSA) is 58.4 Å². The molecule has 1 aromatic carbocycles. The SMILES string of the molecule is CCNc1cc(N(C)C(C)c2cccs2)cc([N+](=O)[O-])c1. The van der Waals surface area contributed by atoms with Gasteiger partial charge in [0.05, 0.1) is 11.0 Å². The van der Waals surface area contributed by atoms with E-state index in [4.69, 9.17) is 0 Å². The van der Waals surface area contributed by atoms with E-state index >= 15 is 0 Å². The summed E-state index contributed by atoms with van der Waals surface area (Å²) in [7, 11) is 1.96. The lowest BCUT2D eigenvalue weighted by atomic mass is 10.2. The molecule has 2 rings (SSSR count). The molecule has 1 unspecified atom stereocenters. The lowest BCUT2D eigenvalue weighted by Gasteiger charge is -2.26. The van der Waals surface area contributed by atoms with E-state index in [-0.39, 0.29) is 16.7 Å². The van der Waals surface area contributed by atoms with E-state index in [0.29, 0.717) is 0 Å². The van der Waals surface area contributed by atoms with Gasteiger partial charge in [0.15, 0.2) is 0 Å². The maximum Gasteiger partial charge on any atom is 0.273 e. The summed E-state index contributed by atoms with van der Waals surface area (Å²) >= 11 is 1.69. The van der Waals surface area contributed by atoms with E-state index in [2.05, 4.69) is 23.2 Å². The Balaban J connectivity index is 2.35. The van der Waals surface area contributed by atoms with Gasteiger partial charge >= 0.3 is 0 Å². The van der Waals surface area contributed by atoms with Crippen molar-refractivity contribution in [2.24, 2.45) is 0 Å². The summed E-state index contributed by atoms with van der Waals surface area (Å²) in [6, 6.07) is 9.39. The van der Waals surface area contributed by atoms with Gasteiger partial charge in [-0.2, -0.15) is 0 Å². The van der Waals surface area contributed by atoms with Gasteiger partial charge in [-0.1, -0.05) is 6.07 Å². The third-order valence-electron chi connectivity index (χ3n) is 3.44. The third kappa shape index (κ3) is 3.52. The van der Waals surface area contributed by atoms with Crippen molar-refractivity contribution < 1.29 is 4.92 Å². The molecule has 1 aromatic heterocycles. The Morgan fingerprint density at radius 2 is 2.19 bits per heavy atom. The predicted molar refractivity (Wildman–Crippen MR) is 88.4 cm³/mol. The Labute approximate surface area is 128 Å². The Bertz CT molecular complexity index is 613. The molecule has 1 heterocycles.